The van der Waals surface area contributed by atoms with Crippen molar-refractivity contribution in [2.75, 3.05) is 13.2 Å². The van der Waals surface area contributed by atoms with Gasteiger partial charge in [-0.2, -0.15) is 0 Å². The maximum atomic E-state index is 12.5. The molecule has 0 radical (unpaired) electrons. The first kappa shape index (κ1) is 15.1. The minimum atomic E-state index is -0.0484. The molecule has 1 aromatic heterocycles. The number of carbonyl (C=O) groups is 1. The average molecular weight is 338 g/mol. The molecule has 1 aliphatic rings. The Balaban J connectivity index is 1.47. The monoisotopic (exact) mass is 338 g/mol. The van der Waals surface area contributed by atoms with E-state index >= 15 is 0 Å². The molecule has 1 atom stereocenters. The van der Waals surface area contributed by atoms with Crippen molar-refractivity contribution in [3.8, 4) is 5.75 Å². The lowest BCUT2D eigenvalue weighted by Crippen LogP contribution is -2.28. The van der Waals surface area contributed by atoms with Crippen molar-refractivity contribution < 1.29 is 9.53 Å². The van der Waals surface area contributed by atoms with E-state index in [-0.39, 0.29) is 11.8 Å². The molecule has 0 spiro atoms. The molecule has 2 heterocycles. The van der Waals surface area contributed by atoms with Crippen molar-refractivity contribution in [3.63, 3.8) is 0 Å². The van der Waals surface area contributed by atoms with Gasteiger partial charge in [0.25, 0.3) is 5.91 Å². The summed E-state index contributed by atoms with van der Waals surface area (Å²) in [4.78, 5) is 17.0. The smallest absolute Gasteiger partial charge is 0.251 e. The third-order valence-electron chi connectivity index (χ3n) is 4.31. The lowest BCUT2D eigenvalue weighted by atomic mass is 10.0. The van der Waals surface area contributed by atoms with Crippen LogP contribution in [0.25, 0.3) is 10.2 Å². The van der Waals surface area contributed by atoms with Crippen LogP contribution < -0.4 is 10.1 Å². The fourth-order valence-electron chi connectivity index (χ4n) is 2.98. The number of benzene rings is 2. The number of nitrogens with one attached hydrogen (secondary N) is 1. The zero-order valence-corrected chi connectivity index (χ0v) is 14.2. The van der Waals surface area contributed by atoms with Gasteiger partial charge in [0.05, 0.1) is 21.8 Å². The predicted molar refractivity (Wildman–Crippen MR) is 96.0 cm³/mol. The van der Waals surface area contributed by atoms with Crippen LogP contribution in [-0.2, 0) is 6.42 Å². The first-order valence-electron chi connectivity index (χ1n) is 8.14. The molecule has 1 N–H and O–H groups in total. The Labute approximate surface area is 144 Å². The summed E-state index contributed by atoms with van der Waals surface area (Å²) in [5.74, 6) is 1.09. The molecule has 24 heavy (non-hydrogen) atoms. The first-order valence-corrected chi connectivity index (χ1v) is 8.95. The number of hydrogen-bond acceptors (Lipinski definition) is 4. The van der Waals surface area contributed by atoms with Crippen LogP contribution in [0.5, 0.6) is 5.75 Å². The summed E-state index contributed by atoms with van der Waals surface area (Å²) in [5, 5.41) is 4.13. The number of amides is 1. The summed E-state index contributed by atoms with van der Waals surface area (Å²) >= 11 is 1.65. The van der Waals surface area contributed by atoms with E-state index < -0.39 is 0 Å². The van der Waals surface area contributed by atoms with Gasteiger partial charge in [-0.15, -0.1) is 11.3 Å². The fraction of sp³-hybridized carbons (Fsp3) is 0.263. The molecule has 5 heteroatoms. The molecule has 1 unspecified atom stereocenters. The number of hydrogen-bond donors (Lipinski definition) is 1. The van der Waals surface area contributed by atoms with Crippen molar-refractivity contribution >= 4 is 27.5 Å². The fourth-order valence-corrected chi connectivity index (χ4v) is 3.93. The van der Waals surface area contributed by atoms with Crippen LogP contribution >= 0.6 is 11.3 Å². The lowest BCUT2D eigenvalue weighted by Gasteiger charge is -2.10. The van der Waals surface area contributed by atoms with Gasteiger partial charge in [0.1, 0.15) is 5.75 Å². The van der Waals surface area contributed by atoms with Gasteiger partial charge in [0.15, 0.2) is 0 Å². The number of nitrogens with zero attached hydrogens (tertiary/aromatic N) is 1. The van der Waals surface area contributed by atoms with Crippen LogP contribution in [0.4, 0.5) is 0 Å². The van der Waals surface area contributed by atoms with Crippen LogP contribution in [0.3, 0.4) is 0 Å². The summed E-state index contributed by atoms with van der Waals surface area (Å²) in [6.45, 7) is 3.29. The second-order valence-corrected chi connectivity index (χ2v) is 7.01. The van der Waals surface area contributed by atoms with Crippen LogP contribution in [-0.4, -0.2) is 24.0 Å². The molecule has 3 aromatic rings. The molecule has 0 saturated carbocycles. The van der Waals surface area contributed by atoms with Crippen LogP contribution in [0.2, 0.25) is 0 Å². The summed E-state index contributed by atoms with van der Waals surface area (Å²) in [6.07, 6.45) is 0.919. The number of aryl methyl sites for hydroxylation is 1. The molecule has 4 rings (SSSR count). The minimum absolute atomic E-state index is 0.0484. The zero-order chi connectivity index (χ0) is 16.5. The van der Waals surface area contributed by atoms with E-state index in [1.54, 1.807) is 11.3 Å². The summed E-state index contributed by atoms with van der Waals surface area (Å²) in [7, 11) is 0. The number of aromatic nitrogens is 1. The van der Waals surface area contributed by atoms with Crippen molar-refractivity contribution in [1.82, 2.24) is 10.3 Å². The highest BCUT2D eigenvalue weighted by Crippen LogP contribution is 2.33. The molecular formula is C19H18N2O2S. The molecule has 2 aromatic carbocycles. The number of ether oxygens (including phenoxy) is 1. The van der Waals surface area contributed by atoms with E-state index in [2.05, 4.69) is 23.3 Å². The average Bonchev–Trinajstić information content (AvgIpc) is 3.22. The highest BCUT2D eigenvalue weighted by atomic mass is 32.1. The maximum Gasteiger partial charge on any atom is 0.251 e. The molecular weight excluding hydrogens is 320 g/mol. The first-order chi connectivity index (χ1) is 11.7. The van der Waals surface area contributed by atoms with Crippen LogP contribution in [0.1, 0.15) is 33.8 Å². The molecule has 0 aliphatic carbocycles. The number of rotatable bonds is 4. The largest absolute Gasteiger partial charge is 0.493 e. The third-order valence-corrected chi connectivity index (χ3v) is 5.47. The Hall–Kier alpha value is -2.40. The molecule has 0 saturated heterocycles. The number of para-hydroxylation sites is 1. The van der Waals surface area contributed by atoms with Gasteiger partial charge >= 0.3 is 0 Å². The second kappa shape index (κ2) is 6.24. The Morgan fingerprint density at radius 3 is 3.08 bits per heavy atom. The lowest BCUT2D eigenvalue weighted by molar-refractivity contribution is 0.0950. The Morgan fingerprint density at radius 1 is 1.33 bits per heavy atom. The number of carbonyl (C=O) groups excluding carboxylic acids is 1. The van der Waals surface area contributed by atoms with Crippen LogP contribution in [0.15, 0.2) is 42.5 Å². The Morgan fingerprint density at radius 2 is 2.21 bits per heavy atom. The van der Waals surface area contributed by atoms with E-state index in [1.807, 2.05) is 36.4 Å². The topological polar surface area (TPSA) is 51.2 Å². The van der Waals surface area contributed by atoms with Crippen LogP contribution in [0, 0.1) is 0 Å². The summed E-state index contributed by atoms with van der Waals surface area (Å²) in [5.41, 5.74) is 2.82. The molecule has 0 fully saturated rings. The van der Waals surface area contributed by atoms with E-state index in [4.69, 9.17) is 4.74 Å². The van der Waals surface area contributed by atoms with E-state index in [1.165, 1.54) is 5.56 Å². The quantitative estimate of drug-likeness (QED) is 0.788. The predicted octanol–water partition coefficient (Wildman–Crippen LogP) is 3.76. The third kappa shape index (κ3) is 2.76. The maximum absolute atomic E-state index is 12.5. The van der Waals surface area contributed by atoms with E-state index in [9.17, 15) is 4.79 Å². The SMILES string of the molecule is CCc1nc2ccc(C(=O)NCC3COc4ccccc43)cc2s1. The van der Waals surface area contributed by atoms with Crippen molar-refractivity contribution in [3.05, 3.63) is 58.6 Å². The van der Waals surface area contributed by atoms with E-state index in [0.29, 0.717) is 18.7 Å². The van der Waals surface area contributed by atoms with Gasteiger partial charge in [-0.3, -0.25) is 4.79 Å². The highest BCUT2D eigenvalue weighted by Gasteiger charge is 2.24. The second-order valence-electron chi connectivity index (χ2n) is 5.90. The van der Waals surface area contributed by atoms with Gasteiger partial charge in [-0.05, 0) is 30.7 Å². The highest BCUT2D eigenvalue weighted by molar-refractivity contribution is 7.18. The normalized spacial score (nSPS) is 16.0. The van der Waals surface area contributed by atoms with Crippen molar-refractivity contribution in [1.29, 1.82) is 0 Å². The van der Waals surface area contributed by atoms with Gasteiger partial charge in [-0.25, -0.2) is 4.98 Å². The Bertz CT molecular complexity index is 903. The Kier molecular flexibility index (Phi) is 3.94. The molecule has 1 amide bonds. The molecule has 4 nitrogen and oxygen atoms in total. The zero-order valence-electron chi connectivity index (χ0n) is 13.4. The van der Waals surface area contributed by atoms with Gasteiger partial charge in [0.2, 0.25) is 0 Å². The van der Waals surface area contributed by atoms with Gasteiger partial charge < -0.3 is 10.1 Å². The number of fused-ring (bicyclic) bond motifs is 2. The van der Waals surface area contributed by atoms with Gasteiger partial charge in [0, 0.05) is 23.6 Å². The minimum Gasteiger partial charge on any atom is -0.493 e. The van der Waals surface area contributed by atoms with Gasteiger partial charge in [-0.1, -0.05) is 25.1 Å². The van der Waals surface area contributed by atoms with Crippen molar-refractivity contribution in [2.45, 2.75) is 19.3 Å². The summed E-state index contributed by atoms with van der Waals surface area (Å²) in [6, 6.07) is 13.7. The molecule has 122 valence electrons. The summed E-state index contributed by atoms with van der Waals surface area (Å²) < 4.78 is 6.73. The van der Waals surface area contributed by atoms with E-state index in [0.717, 1.165) is 27.4 Å². The number of thiazole rings is 1. The molecule has 0 bridgehead atoms. The molecule has 1 aliphatic heterocycles. The van der Waals surface area contributed by atoms with Crippen molar-refractivity contribution in [2.24, 2.45) is 0 Å². The standard InChI is InChI=1S/C19H18N2O2S/c1-2-18-21-15-8-7-12(9-17(15)24-18)19(22)20-10-13-11-23-16-6-4-3-5-14(13)16/h3-9,13H,2,10-11H2,1H3,(H,20,22).